The molecule has 2 heterocycles. The lowest BCUT2D eigenvalue weighted by atomic mass is 10.2. The van der Waals surface area contributed by atoms with Gasteiger partial charge < -0.3 is 14.1 Å². The van der Waals surface area contributed by atoms with Crippen molar-refractivity contribution in [1.29, 1.82) is 0 Å². The molecule has 2 aromatic rings. The highest BCUT2D eigenvalue weighted by atomic mass is 19.4. The molecule has 0 N–H and O–H groups in total. The van der Waals surface area contributed by atoms with E-state index in [0.29, 0.717) is 0 Å². The zero-order valence-electron chi connectivity index (χ0n) is 13.6. The van der Waals surface area contributed by atoms with Crippen LogP contribution in [0.5, 0.6) is 5.88 Å². The summed E-state index contributed by atoms with van der Waals surface area (Å²) in [4.78, 5) is 19.0. The van der Waals surface area contributed by atoms with Gasteiger partial charge in [0.15, 0.2) is 11.3 Å². The van der Waals surface area contributed by atoms with Gasteiger partial charge in [-0.05, 0) is 19.9 Å². The smallest absolute Gasteiger partial charge is 0.433 e. The van der Waals surface area contributed by atoms with Crippen LogP contribution in [0.3, 0.4) is 0 Å². The lowest BCUT2D eigenvalue weighted by molar-refractivity contribution is -0.401. The fourth-order valence-electron chi connectivity index (χ4n) is 2.23. The Morgan fingerprint density at radius 2 is 1.92 bits per heavy atom. The zero-order chi connectivity index (χ0) is 18.8. The molecule has 0 spiro atoms. The lowest BCUT2D eigenvalue weighted by Crippen LogP contribution is -2.27. The van der Waals surface area contributed by atoms with Gasteiger partial charge in [0.1, 0.15) is 10.7 Å². The van der Waals surface area contributed by atoms with E-state index in [1.165, 1.54) is 11.0 Å². The molecule has 0 bridgehead atoms. The molecule has 2 rings (SSSR count). The first-order valence-corrected chi connectivity index (χ1v) is 7.25. The molecular formula is C14H15F3N4O4. The number of hydrogen-bond donors (Lipinski definition) is 0. The summed E-state index contributed by atoms with van der Waals surface area (Å²) in [5.74, 6) is -1.99. The molecule has 0 radical (unpaired) electrons. The second-order valence-electron chi connectivity index (χ2n) is 4.82. The van der Waals surface area contributed by atoms with Crippen molar-refractivity contribution in [3.8, 4) is 17.5 Å². The monoisotopic (exact) mass is 360 g/mol. The van der Waals surface area contributed by atoms with Crippen molar-refractivity contribution in [2.24, 2.45) is 0 Å². The summed E-state index contributed by atoms with van der Waals surface area (Å²) in [6.45, 7) is 3.88. The van der Waals surface area contributed by atoms with Gasteiger partial charge in [0.25, 0.3) is 0 Å². The molecule has 136 valence electrons. The van der Waals surface area contributed by atoms with Gasteiger partial charge >= 0.3 is 12.1 Å². The number of hydrogen-bond acceptors (Lipinski definition) is 7. The molecule has 0 saturated heterocycles. The van der Waals surface area contributed by atoms with E-state index in [1.807, 2.05) is 0 Å². The summed E-state index contributed by atoms with van der Waals surface area (Å²) in [5.41, 5.74) is -1.11. The van der Waals surface area contributed by atoms with Crippen molar-refractivity contribution >= 4 is 11.7 Å². The fourth-order valence-corrected chi connectivity index (χ4v) is 2.23. The number of furan rings is 1. The van der Waals surface area contributed by atoms with E-state index in [1.54, 1.807) is 13.8 Å². The van der Waals surface area contributed by atoms with Crippen molar-refractivity contribution in [3.05, 3.63) is 27.8 Å². The number of anilines is 1. The largest absolute Gasteiger partial charge is 0.480 e. The predicted molar refractivity (Wildman–Crippen MR) is 81.5 cm³/mol. The number of halogens is 3. The molecule has 25 heavy (non-hydrogen) atoms. The maximum Gasteiger partial charge on any atom is 0.433 e. The molecule has 0 amide bonds. The number of methoxy groups -OCH3 is 1. The van der Waals surface area contributed by atoms with Crippen molar-refractivity contribution in [2.75, 3.05) is 25.1 Å². The maximum absolute atomic E-state index is 13.5. The van der Waals surface area contributed by atoms with Crippen molar-refractivity contribution in [2.45, 2.75) is 20.0 Å². The van der Waals surface area contributed by atoms with Gasteiger partial charge in [-0.15, -0.1) is 0 Å². The van der Waals surface area contributed by atoms with Crippen LogP contribution in [0.4, 0.5) is 24.9 Å². The van der Waals surface area contributed by atoms with Crippen LogP contribution in [-0.2, 0) is 6.18 Å². The van der Waals surface area contributed by atoms with E-state index >= 15 is 0 Å². The average molecular weight is 360 g/mol. The Labute approximate surface area is 140 Å². The minimum absolute atomic E-state index is 0.132. The topological polar surface area (TPSA) is 94.5 Å². The van der Waals surface area contributed by atoms with E-state index in [9.17, 15) is 23.3 Å². The van der Waals surface area contributed by atoms with Crippen molar-refractivity contribution < 1.29 is 27.2 Å². The number of nitro groups is 1. The van der Waals surface area contributed by atoms with Crippen LogP contribution in [-0.4, -0.2) is 35.1 Å². The molecule has 0 aromatic carbocycles. The summed E-state index contributed by atoms with van der Waals surface area (Å²) in [6, 6.07) is 2.28. The first kappa shape index (κ1) is 18.5. The Morgan fingerprint density at radius 3 is 2.36 bits per heavy atom. The molecule has 0 unspecified atom stereocenters. The predicted octanol–water partition coefficient (Wildman–Crippen LogP) is 3.52. The van der Waals surface area contributed by atoms with Gasteiger partial charge in [-0.3, -0.25) is 10.1 Å². The van der Waals surface area contributed by atoms with Gasteiger partial charge in [0.2, 0.25) is 11.7 Å². The zero-order valence-corrected chi connectivity index (χ0v) is 13.6. The van der Waals surface area contributed by atoms with Crippen LogP contribution >= 0.6 is 0 Å². The second-order valence-corrected chi connectivity index (χ2v) is 4.82. The van der Waals surface area contributed by atoms with Gasteiger partial charge in [-0.1, -0.05) is 0 Å². The average Bonchev–Trinajstić information content (AvgIpc) is 3.04. The van der Waals surface area contributed by atoms with E-state index in [4.69, 9.17) is 9.15 Å². The van der Waals surface area contributed by atoms with Gasteiger partial charge in [-0.25, -0.2) is 4.98 Å². The summed E-state index contributed by atoms with van der Waals surface area (Å²) < 4.78 is 50.2. The minimum atomic E-state index is -4.74. The van der Waals surface area contributed by atoms with Gasteiger partial charge in [0.05, 0.1) is 13.2 Å². The SMILES string of the molecule is CCN(CC)c1nc(-c2ccc([N+](=O)[O-])o2)nc(OC)c1C(F)(F)F. The Morgan fingerprint density at radius 1 is 1.28 bits per heavy atom. The highest BCUT2D eigenvalue weighted by Gasteiger charge is 2.41. The Balaban J connectivity index is 2.71. The third-order valence-corrected chi connectivity index (χ3v) is 3.39. The van der Waals surface area contributed by atoms with Gasteiger partial charge in [0, 0.05) is 13.1 Å². The van der Waals surface area contributed by atoms with E-state index in [0.717, 1.165) is 13.2 Å². The molecule has 2 aromatic heterocycles. The molecule has 11 heteroatoms. The molecule has 0 aliphatic rings. The molecular weight excluding hydrogens is 345 g/mol. The fraction of sp³-hybridized carbons (Fsp3) is 0.429. The number of alkyl halides is 3. The first-order chi connectivity index (χ1) is 11.7. The van der Waals surface area contributed by atoms with Crippen LogP contribution in [0.1, 0.15) is 19.4 Å². The Bertz CT molecular complexity index is 772. The normalized spacial score (nSPS) is 11.4. The van der Waals surface area contributed by atoms with Crippen LogP contribution < -0.4 is 9.64 Å². The number of nitrogens with zero attached hydrogens (tertiary/aromatic N) is 4. The molecule has 0 aliphatic carbocycles. The number of aromatic nitrogens is 2. The Kier molecular flexibility index (Phi) is 5.14. The maximum atomic E-state index is 13.5. The molecule has 0 atom stereocenters. The van der Waals surface area contributed by atoms with Gasteiger partial charge in [-0.2, -0.15) is 18.2 Å². The molecule has 0 saturated carbocycles. The van der Waals surface area contributed by atoms with Crippen molar-refractivity contribution in [1.82, 2.24) is 9.97 Å². The third kappa shape index (κ3) is 3.64. The summed E-state index contributed by atoms with van der Waals surface area (Å²) in [5, 5.41) is 10.7. The van der Waals surface area contributed by atoms with E-state index < -0.39 is 28.4 Å². The van der Waals surface area contributed by atoms with Crippen molar-refractivity contribution in [3.63, 3.8) is 0 Å². The first-order valence-electron chi connectivity index (χ1n) is 7.25. The minimum Gasteiger partial charge on any atom is -0.480 e. The summed E-state index contributed by atoms with van der Waals surface area (Å²) in [6.07, 6.45) is -4.74. The molecule has 8 nitrogen and oxygen atoms in total. The van der Waals surface area contributed by atoms with E-state index in [-0.39, 0.29) is 30.5 Å². The lowest BCUT2D eigenvalue weighted by Gasteiger charge is -2.25. The standard InChI is InChI=1S/C14H15F3N4O4/c1-4-20(5-2)12-10(14(15,16)17)13(24-3)19-11(18-12)8-6-7-9(25-8)21(22)23/h6-7H,4-5H2,1-3H3. The highest BCUT2D eigenvalue weighted by molar-refractivity contribution is 5.60. The molecule has 0 aliphatic heterocycles. The summed E-state index contributed by atoms with van der Waals surface area (Å²) in [7, 11) is 1.05. The van der Waals surface area contributed by atoms with Crippen LogP contribution in [0, 0.1) is 10.1 Å². The van der Waals surface area contributed by atoms with Crippen LogP contribution in [0.25, 0.3) is 11.6 Å². The second kappa shape index (κ2) is 6.95. The number of rotatable bonds is 6. The number of ether oxygens (including phenoxy) is 1. The van der Waals surface area contributed by atoms with Crippen LogP contribution in [0.15, 0.2) is 16.5 Å². The van der Waals surface area contributed by atoms with Crippen LogP contribution in [0.2, 0.25) is 0 Å². The molecule has 0 fully saturated rings. The highest BCUT2D eigenvalue weighted by Crippen LogP contribution is 2.42. The Hall–Kier alpha value is -2.85. The third-order valence-electron chi connectivity index (χ3n) is 3.39. The van der Waals surface area contributed by atoms with E-state index in [2.05, 4.69) is 9.97 Å². The summed E-state index contributed by atoms with van der Waals surface area (Å²) >= 11 is 0. The quantitative estimate of drug-likeness (QED) is 0.574.